The van der Waals surface area contributed by atoms with Gasteiger partial charge in [-0.2, -0.15) is 0 Å². The van der Waals surface area contributed by atoms with E-state index in [1.54, 1.807) is 18.5 Å². The van der Waals surface area contributed by atoms with Crippen LogP contribution in [-0.4, -0.2) is 25.9 Å². The van der Waals surface area contributed by atoms with Gasteiger partial charge in [0.15, 0.2) is 0 Å². The second-order valence-corrected chi connectivity index (χ2v) is 6.61. The minimum atomic E-state index is -0.313. The van der Waals surface area contributed by atoms with Gasteiger partial charge in [-0.1, -0.05) is 17.3 Å². The quantitative estimate of drug-likeness (QED) is 0.537. The Bertz CT molecular complexity index is 1040. The first-order chi connectivity index (χ1) is 13.1. The molecule has 2 heterocycles. The van der Waals surface area contributed by atoms with Crippen molar-refractivity contribution in [3.8, 4) is 11.1 Å². The van der Waals surface area contributed by atoms with Crippen LogP contribution in [0, 0.1) is 12.7 Å². The summed E-state index contributed by atoms with van der Waals surface area (Å²) in [5.74, 6) is -0.157. The molecule has 136 valence electrons. The Balaban J connectivity index is 1.84. The van der Waals surface area contributed by atoms with E-state index in [4.69, 9.17) is 5.73 Å². The van der Waals surface area contributed by atoms with Crippen molar-refractivity contribution < 1.29 is 9.60 Å². The lowest BCUT2D eigenvalue weighted by molar-refractivity contribution is 0.316. The molecule has 0 saturated heterocycles. The molecule has 0 fully saturated rings. The summed E-state index contributed by atoms with van der Waals surface area (Å²) in [5.41, 5.74) is 11.1. The van der Waals surface area contributed by atoms with Gasteiger partial charge < -0.3 is 10.9 Å². The molecule has 2 aromatic heterocycles. The summed E-state index contributed by atoms with van der Waals surface area (Å²) < 4.78 is 14.0. The highest BCUT2D eigenvalue weighted by molar-refractivity contribution is 6.03. The second-order valence-electron chi connectivity index (χ2n) is 6.61. The number of nitrogen functional groups attached to an aromatic ring is 1. The lowest BCUT2D eigenvalue weighted by Gasteiger charge is -2.27. The molecule has 1 aromatic carbocycles. The van der Waals surface area contributed by atoms with Crippen LogP contribution in [0.2, 0.25) is 0 Å². The van der Waals surface area contributed by atoms with E-state index < -0.39 is 0 Å². The molecule has 0 spiro atoms. The van der Waals surface area contributed by atoms with Crippen molar-refractivity contribution >= 4 is 11.7 Å². The molecule has 4 rings (SSSR count). The third-order valence-corrected chi connectivity index (χ3v) is 4.90. The van der Waals surface area contributed by atoms with Crippen molar-refractivity contribution in [1.29, 1.82) is 0 Å². The SMILES string of the molecule is Cc1nc(N)nc2c1C(=NO)C[C@@H](c1ccc(F)cc1-c1cccnc1)C2. The predicted molar refractivity (Wildman–Crippen MR) is 100 cm³/mol. The maximum atomic E-state index is 14.0. The van der Waals surface area contributed by atoms with Crippen LogP contribution < -0.4 is 5.73 Å². The molecule has 0 bridgehead atoms. The third-order valence-electron chi connectivity index (χ3n) is 4.90. The summed E-state index contributed by atoms with van der Waals surface area (Å²) in [6, 6.07) is 8.45. The monoisotopic (exact) mass is 363 g/mol. The third kappa shape index (κ3) is 3.12. The van der Waals surface area contributed by atoms with Gasteiger partial charge in [-0.25, -0.2) is 14.4 Å². The average Bonchev–Trinajstić information content (AvgIpc) is 2.67. The molecule has 0 aliphatic heterocycles. The number of halogens is 1. The Hall–Kier alpha value is -3.35. The number of aromatic nitrogens is 3. The number of nitrogens with two attached hydrogens (primary N) is 1. The fraction of sp³-hybridized carbons (Fsp3) is 0.200. The Morgan fingerprint density at radius 1 is 1.22 bits per heavy atom. The summed E-state index contributed by atoms with van der Waals surface area (Å²) in [6.07, 6.45) is 4.48. The van der Waals surface area contributed by atoms with Crippen LogP contribution in [0.1, 0.15) is 34.9 Å². The van der Waals surface area contributed by atoms with Crippen molar-refractivity contribution in [3.63, 3.8) is 0 Å². The Morgan fingerprint density at radius 2 is 2.07 bits per heavy atom. The van der Waals surface area contributed by atoms with E-state index in [9.17, 15) is 9.60 Å². The molecule has 27 heavy (non-hydrogen) atoms. The molecule has 6 nitrogen and oxygen atoms in total. The highest BCUT2D eigenvalue weighted by Crippen LogP contribution is 2.38. The Kier molecular flexibility index (Phi) is 4.27. The zero-order valence-electron chi connectivity index (χ0n) is 14.7. The minimum absolute atomic E-state index is 0.0343. The van der Waals surface area contributed by atoms with Crippen LogP contribution in [0.3, 0.4) is 0 Å². The molecule has 0 amide bonds. The van der Waals surface area contributed by atoms with E-state index >= 15 is 0 Å². The fourth-order valence-electron chi connectivity index (χ4n) is 3.79. The highest BCUT2D eigenvalue weighted by Gasteiger charge is 2.30. The molecule has 0 saturated carbocycles. The molecule has 0 unspecified atom stereocenters. The van der Waals surface area contributed by atoms with E-state index in [0.29, 0.717) is 24.2 Å². The summed E-state index contributed by atoms with van der Waals surface area (Å²) in [7, 11) is 0. The van der Waals surface area contributed by atoms with E-state index in [1.165, 1.54) is 12.1 Å². The van der Waals surface area contributed by atoms with Gasteiger partial charge >= 0.3 is 0 Å². The van der Waals surface area contributed by atoms with E-state index in [-0.39, 0.29) is 17.7 Å². The standard InChI is InChI=1S/C20H18FN5O/c1-11-19-17(25-20(22)24-11)7-13(8-18(19)26-27)15-5-4-14(21)9-16(15)12-3-2-6-23-10-12/h2-6,9-10,13,27H,7-8H2,1H3,(H2,22,24,25)/t13-/m0/s1. The molecule has 1 aliphatic carbocycles. The number of rotatable bonds is 2. The van der Waals surface area contributed by atoms with Gasteiger partial charge in [-0.15, -0.1) is 0 Å². The zero-order valence-corrected chi connectivity index (χ0v) is 14.7. The van der Waals surface area contributed by atoms with Gasteiger partial charge in [0, 0.05) is 29.9 Å². The molecular weight excluding hydrogens is 345 g/mol. The van der Waals surface area contributed by atoms with E-state index in [0.717, 1.165) is 27.9 Å². The molecule has 1 aliphatic rings. The van der Waals surface area contributed by atoms with Crippen LogP contribution >= 0.6 is 0 Å². The first-order valence-corrected chi connectivity index (χ1v) is 8.61. The van der Waals surface area contributed by atoms with Crippen molar-refractivity contribution in [1.82, 2.24) is 15.0 Å². The normalized spacial score (nSPS) is 17.7. The van der Waals surface area contributed by atoms with Crippen molar-refractivity contribution in [2.24, 2.45) is 5.16 Å². The van der Waals surface area contributed by atoms with Crippen LogP contribution in [0.5, 0.6) is 0 Å². The number of anilines is 1. The van der Waals surface area contributed by atoms with Crippen LogP contribution in [0.25, 0.3) is 11.1 Å². The smallest absolute Gasteiger partial charge is 0.220 e. The summed E-state index contributed by atoms with van der Waals surface area (Å²) in [6.45, 7) is 1.82. The van der Waals surface area contributed by atoms with E-state index in [2.05, 4.69) is 20.1 Å². The predicted octanol–water partition coefficient (Wildman–Crippen LogP) is 3.48. The molecule has 3 N–H and O–H groups in total. The van der Waals surface area contributed by atoms with Crippen molar-refractivity contribution in [2.75, 3.05) is 5.73 Å². The highest BCUT2D eigenvalue weighted by atomic mass is 19.1. The number of fused-ring (bicyclic) bond motifs is 1. The summed E-state index contributed by atoms with van der Waals surface area (Å²) >= 11 is 0. The van der Waals surface area contributed by atoms with Gasteiger partial charge in [0.25, 0.3) is 0 Å². The number of aryl methyl sites for hydroxylation is 1. The largest absolute Gasteiger partial charge is 0.411 e. The number of nitrogens with zero attached hydrogens (tertiary/aromatic N) is 4. The van der Waals surface area contributed by atoms with Gasteiger partial charge in [0.2, 0.25) is 5.95 Å². The van der Waals surface area contributed by atoms with E-state index in [1.807, 2.05) is 19.1 Å². The molecule has 1 atom stereocenters. The van der Waals surface area contributed by atoms with Gasteiger partial charge in [-0.05, 0) is 48.6 Å². The Labute approximate surface area is 155 Å². The summed E-state index contributed by atoms with van der Waals surface area (Å²) in [5, 5.41) is 13.0. The average molecular weight is 363 g/mol. The maximum Gasteiger partial charge on any atom is 0.220 e. The van der Waals surface area contributed by atoms with Crippen molar-refractivity contribution in [2.45, 2.75) is 25.7 Å². The molecule has 0 radical (unpaired) electrons. The molecule has 3 aromatic rings. The number of oxime groups is 1. The van der Waals surface area contributed by atoms with Crippen LogP contribution in [0.15, 0.2) is 47.9 Å². The minimum Gasteiger partial charge on any atom is -0.411 e. The molecule has 7 heteroatoms. The number of pyridine rings is 1. The first kappa shape index (κ1) is 17.1. The zero-order chi connectivity index (χ0) is 19.0. The first-order valence-electron chi connectivity index (χ1n) is 8.61. The van der Waals surface area contributed by atoms with Gasteiger partial charge in [-0.3, -0.25) is 4.98 Å². The lowest BCUT2D eigenvalue weighted by Crippen LogP contribution is -2.24. The number of hydrogen-bond acceptors (Lipinski definition) is 6. The second kappa shape index (κ2) is 6.75. The lowest BCUT2D eigenvalue weighted by atomic mass is 9.78. The summed E-state index contributed by atoms with van der Waals surface area (Å²) in [4.78, 5) is 12.7. The maximum absolute atomic E-state index is 14.0. The number of benzene rings is 1. The van der Waals surface area contributed by atoms with Crippen molar-refractivity contribution in [3.05, 3.63) is 71.1 Å². The van der Waals surface area contributed by atoms with Crippen LogP contribution in [-0.2, 0) is 6.42 Å². The van der Waals surface area contributed by atoms with Gasteiger partial charge in [0.05, 0.1) is 17.1 Å². The Morgan fingerprint density at radius 3 is 2.81 bits per heavy atom. The van der Waals surface area contributed by atoms with Crippen LogP contribution in [0.4, 0.5) is 10.3 Å². The fourth-order valence-corrected chi connectivity index (χ4v) is 3.79. The van der Waals surface area contributed by atoms with Gasteiger partial charge in [0.1, 0.15) is 5.82 Å². The number of hydrogen-bond donors (Lipinski definition) is 2. The molecular formula is C20H18FN5O. The topological polar surface area (TPSA) is 97.3 Å².